The minimum Gasteiger partial charge on any atom is -0.361 e. The number of H-pyrrole nitrogens is 1. The molecule has 1 aromatic heterocycles. The van der Waals surface area contributed by atoms with Crippen LogP contribution in [0.5, 0.6) is 0 Å². The van der Waals surface area contributed by atoms with Crippen LogP contribution in [0.25, 0.3) is 10.9 Å². The van der Waals surface area contributed by atoms with Crippen LogP contribution in [0.2, 0.25) is 0 Å². The van der Waals surface area contributed by atoms with Crippen LogP contribution in [-0.2, 0) is 12.8 Å². The fourth-order valence-corrected chi connectivity index (χ4v) is 4.98. The average Bonchev–Trinajstić information content (AvgIpc) is 3.58. The lowest BCUT2D eigenvalue weighted by Gasteiger charge is -2.27. The predicted octanol–water partition coefficient (Wildman–Crippen LogP) is 7.85. The summed E-state index contributed by atoms with van der Waals surface area (Å²) in [6.45, 7) is 4.73. The second kappa shape index (κ2) is 8.75. The van der Waals surface area contributed by atoms with Crippen molar-refractivity contribution in [1.29, 1.82) is 0 Å². The van der Waals surface area contributed by atoms with Gasteiger partial charge in [0.05, 0.1) is 0 Å². The van der Waals surface area contributed by atoms with Crippen molar-refractivity contribution in [3.05, 3.63) is 113 Å². The number of hydrogen-bond donors (Lipinski definition) is 1. The summed E-state index contributed by atoms with van der Waals surface area (Å²) >= 11 is 0. The maximum absolute atomic E-state index is 3.46. The molecule has 0 saturated heterocycles. The molecule has 1 saturated carbocycles. The smallest absolute Gasteiger partial charge is 0.0456 e. The molecule has 1 N–H and O–H groups in total. The van der Waals surface area contributed by atoms with Gasteiger partial charge in [-0.3, -0.25) is 0 Å². The Morgan fingerprint density at radius 2 is 1.68 bits per heavy atom. The largest absolute Gasteiger partial charge is 0.361 e. The Kier molecular flexibility index (Phi) is 5.68. The molecule has 1 aliphatic carbocycles. The molecule has 1 fully saturated rings. The molecule has 1 aliphatic rings. The second-order valence-corrected chi connectivity index (χ2v) is 9.19. The van der Waals surface area contributed by atoms with E-state index in [1.54, 1.807) is 11.5 Å². The lowest BCUT2D eigenvalue weighted by molar-refractivity contribution is 0.573. The summed E-state index contributed by atoms with van der Waals surface area (Å²) < 4.78 is 0. The summed E-state index contributed by atoms with van der Waals surface area (Å²) in [5, 5.41) is 1.35. The second-order valence-electron chi connectivity index (χ2n) is 9.19. The number of fused-ring (bicyclic) bond motifs is 1. The molecule has 0 aliphatic heterocycles. The predicted molar refractivity (Wildman–Crippen MR) is 131 cm³/mol. The Hall–Kier alpha value is -2.80. The number of hydrogen-bond acceptors (Lipinski definition) is 0. The van der Waals surface area contributed by atoms with Crippen LogP contribution in [0.1, 0.15) is 66.8 Å². The molecule has 1 unspecified atom stereocenters. The quantitative estimate of drug-likeness (QED) is 0.307. The molecule has 31 heavy (non-hydrogen) atoms. The number of rotatable bonds is 8. The van der Waals surface area contributed by atoms with E-state index in [1.807, 2.05) is 0 Å². The lowest BCUT2D eigenvalue weighted by Crippen LogP contribution is -2.16. The van der Waals surface area contributed by atoms with Gasteiger partial charge in [0.2, 0.25) is 0 Å². The molecule has 0 spiro atoms. The van der Waals surface area contributed by atoms with Gasteiger partial charge >= 0.3 is 0 Å². The Morgan fingerprint density at radius 1 is 0.903 bits per heavy atom. The molecule has 3 aromatic carbocycles. The monoisotopic (exact) mass is 406 g/mol. The molecule has 1 heteroatoms. The Morgan fingerprint density at radius 3 is 2.45 bits per heavy atom. The lowest BCUT2D eigenvalue weighted by atomic mass is 9.77. The number of nitrogens with one attached hydrogen (secondary N) is 1. The molecule has 1 heterocycles. The first-order valence-electron chi connectivity index (χ1n) is 11.8. The van der Waals surface area contributed by atoms with Crippen LogP contribution >= 0.6 is 0 Å². The fourth-order valence-electron chi connectivity index (χ4n) is 4.98. The summed E-state index contributed by atoms with van der Waals surface area (Å²) in [6.07, 6.45) is 8.10. The van der Waals surface area contributed by atoms with E-state index >= 15 is 0 Å². The van der Waals surface area contributed by atoms with Gasteiger partial charge in [0.1, 0.15) is 0 Å². The van der Waals surface area contributed by atoms with Crippen LogP contribution in [0.3, 0.4) is 0 Å². The van der Waals surface area contributed by atoms with Crippen LogP contribution in [-0.4, -0.2) is 4.98 Å². The summed E-state index contributed by atoms with van der Waals surface area (Å²) in [6, 6.07) is 26.7. The summed E-state index contributed by atoms with van der Waals surface area (Å²) in [5.74, 6) is 2.92. The van der Waals surface area contributed by atoms with E-state index in [9.17, 15) is 0 Å². The van der Waals surface area contributed by atoms with Gasteiger partial charge in [0.25, 0.3) is 0 Å². The molecule has 4 aromatic rings. The van der Waals surface area contributed by atoms with Crippen molar-refractivity contribution >= 4 is 10.9 Å². The summed E-state index contributed by atoms with van der Waals surface area (Å²) in [5.41, 5.74) is 8.72. The summed E-state index contributed by atoms with van der Waals surface area (Å²) in [4.78, 5) is 3.46. The van der Waals surface area contributed by atoms with E-state index in [1.165, 1.54) is 52.4 Å². The molecule has 1 nitrogen and oxygen atoms in total. The minimum atomic E-state index is 0.584. The maximum atomic E-state index is 3.46. The highest BCUT2D eigenvalue weighted by Crippen LogP contribution is 2.47. The molecular weight excluding hydrogens is 374 g/mol. The van der Waals surface area contributed by atoms with E-state index in [0.717, 1.165) is 18.8 Å². The van der Waals surface area contributed by atoms with E-state index in [-0.39, 0.29) is 0 Å². The molecule has 1 atom stereocenters. The van der Waals surface area contributed by atoms with Crippen molar-refractivity contribution in [2.24, 2.45) is 5.92 Å². The Bertz CT molecular complexity index is 1150. The number of aromatic nitrogens is 1. The van der Waals surface area contributed by atoms with Gasteiger partial charge in [-0.15, -0.1) is 0 Å². The van der Waals surface area contributed by atoms with E-state index in [2.05, 4.69) is 97.8 Å². The third-order valence-electron chi connectivity index (χ3n) is 7.03. The average molecular weight is 407 g/mol. The Labute approximate surface area is 186 Å². The van der Waals surface area contributed by atoms with Crippen LogP contribution in [0, 0.1) is 11.8 Å². The molecule has 0 amide bonds. The number of benzene rings is 3. The molecule has 157 valence electrons. The van der Waals surface area contributed by atoms with Crippen molar-refractivity contribution in [2.75, 3.05) is 0 Å². The SMILES string of the molecule is CCC(C)[C](Cc1ccccc1)c1cccc(Cc2c[nH]c3ccccc23)c1C1CC1. The van der Waals surface area contributed by atoms with Crippen LogP contribution < -0.4 is 0 Å². The van der Waals surface area contributed by atoms with Gasteiger partial charge < -0.3 is 4.98 Å². The van der Waals surface area contributed by atoms with Gasteiger partial charge in [0, 0.05) is 23.0 Å². The van der Waals surface area contributed by atoms with Crippen molar-refractivity contribution in [3.8, 4) is 0 Å². The zero-order valence-electron chi connectivity index (χ0n) is 18.7. The number of para-hydroxylation sites is 1. The first-order valence-corrected chi connectivity index (χ1v) is 11.8. The Balaban J connectivity index is 1.55. The third-order valence-corrected chi connectivity index (χ3v) is 7.03. The van der Waals surface area contributed by atoms with Crippen LogP contribution in [0.4, 0.5) is 0 Å². The van der Waals surface area contributed by atoms with Gasteiger partial charge in [-0.25, -0.2) is 0 Å². The van der Waals surface area contributed by atoms with Crippen molar-refractivity contribution in [1.82, 2.24) is 4.98 Å². The third kappa shape index (κ3) is 4.19. The minimum absolute atomic E-state index is 0.584. The van der Waals surface area contributed by atoms with Gasteiger partial charge in [-0.2, -0.15) is 0 Å². The van der Waals surface area contributed by atoms with Crippen molar-refractivity contribution in [2.45, 2.75) is 51.9 Å². The molecular formula is C30H32N. The summed E-state index contributed by atoms with van der Waals surface area (Å²) in [7, 11) is 0. The highest BCUT2D eigenvalue weighted by Gasteiger charge is 2.32. The highest BCUT2D eigenvalue weighted by molar-refractivity contribution is 5.83. The zero-order valence-corrected chi connectivity index (χ0v) is 18.7. The molecule has 0 bridgehead atoms. The standard InChI is InChI=1S/C30H32N/c1-3-21(2)28(18-22-10-5-4-6-11-22)27-14-9-12-24(30(27)23-16-17-23)19-25-20-31-29-15-8-7-13-26(25)29/h4-15,20-21,23,31H,3,16-19H2,1-2H3. The highest BCUT2D eigenvalue weighted by atomic mass is 14.7. The zero-order chi connectivity index (χ0) is 21.2. The van der Waals surface area contributed by atoms with Crippen LogP contribution in [0.15, 0.2) is 79.0 Å². The first-order chi connectivity index (χ1) is 15.2. The van der Waals surface area contributed by atoms with E-state index in [4.69, 9.17) is 0 Å². The number of aromatic amines is 1. The first kappa shape index (κ1) is 20.1. The van der Waals surface area contributed by atoms with E-state index < -0.39 is 0 Å². The molecule has 5 rings (SSSR count). The van der Waals surface area contributed by atoms with Gasteiger partial charge in [0.15, 0.2) is 0 Å². The topological polar surface area (TPSA) is 15.8 Å². The van der Waals surface area contributed by atoms with Gasteiger partial charge in [-0.05, 0) is 71.4 Å². The molecule has 1 radical (unpaired) electrons. The maximum Gasteiger partial charge on any atom is 0.0456 e. The fraction of sp³-hybridized carbons (Fsp3) is 0.300. The van der Waals surface area contributed by atoms with Gasteiger partial charge in [-0.1, -0.05) is 87.0 Å². The van der Waals surface area contributed by atoms with E-state index in [0.29, 0.717) is 5.92 Å². The van der Waals surface area contributed by atoms with Crippen molar-refractivity contribution in [3.63, 3.8) is 0 Å². The van der Waals surface area contributed by atoms with Crippen molar-refractivity contribution < 1.29 is 0 Å². The normalized spacial score (nSPS) is 14.9.